The standard InChI is InChI=1S/C21H22BrN3O4S/c1-15-4-5-16(19(22)14-15)8-11-20(26)23-24-21(27)17-6-9-18(10-7-17)30(28,29)25-12-2-3-13-25/h4-11,14H,2-3,12-13H2,1H3,(H,23,26)(H,24,27)/b11-8+. The molecule has 0 spiro atoms. The van der Waals surface area contributed by atoms with Crippen molar-refractivity contribution < 1.29 is 18.0 Å². The van der Waals surface area contributed by atoms with Crippen molar-refractivity contribution in [3.63, 3.8) is 0 Å². The number of hydrazine groups is 1. The Balaban J connectivity index is 1.57. The van der Waals surface area contributed by atoms with Crippen LogP contribution in [0.1, 0.15) is 34.3 Å². The van der Waals surface area contributed by atoms with Crippen molar-refractivity contribution in [2.24, 2.45) is 0 Å². The fourth-order valence-corrected chi connectivity index (χ4v) is 5.16. The summed E-state index contributed by atoms with van der Waals surface area (Å²) in [5, 5.41) is 0. The summed E-state index contributed by atoms with van der Waals surface area (Å²) in [7, 11) is -3.53. The molecule has 0 bridgehead atoms. The van der Waals surface area contributed by atoms with Gasteiger partial charge in [-0.25, -0.2) is 8.42 Å². The Morgan fingerprint density at radius 1 is 1.03 bits per heavy atom. The number of aryl methyl sites for hydroxylation is 1. The Morgan fingerprint density at radius 2 is 1.70 bits per heavy atom. The van der Waals surface area contributed by atoms with E-state index in [1.807, 2.05) is 25.1 Å². The lowest BCUT2D eigenvalue weighted by Gasteiger charge is -2.15. The molecule has 7 nitrogen and oxygen atoms in total. The second-order valence-electron chi connectivity index (χ2n) is 6.94. The first-order chi connectivity index (χ1) is 14.3. The monoisotopic (exact) mass is 491 g/mol. The van der Waals surface area contributed by atoms with Crippen LogP contribution in [0.25, 0.3) is 6.08 Å². The van der Waals surface area contributed by atoms with E-state index in [0.717, 1.165) is 28.4 Å². The van der Waals surface area contributed by atoms with Gasteiger partial charge in [0, 0.05) is 29.2 Å². The Bertz CT molecular complexity index is 1080. The van der Waals surface area contributed by atoms with E-state index in [4.69, 9.17) is 0 Å². The smallest absolute Gasteiger partial charge is 0.268 e. The van der Waals surface area contributed by atoms with Crippen LogP contribution in [-0.4, -0.2) is 37.6 Å². The zero-order valence-corrected chi connectivity index (χ0v) is 18.8. The predicted octanol–water partition coefficient (Wildman–Crippen LogP) is 3.02. The van der Waals surface area contributed by atoms with Gasteiger partial charge >= 0.3 is 0 Å². The third kappa shape index (κ3) is 5.35. The molecule has 2 aromatic rings. The molecule has 2 N–H and O–H groups in total. The summed E-state index contributed by atoms with van der Waals surface area (Å²) in [5.41, 5.74) is 6.78. The first-order valence-corrected chi connectivity index (χ1v) is 11.7. The number of nitrogens with zero attached hydrogens (tertiary/aromatic N) is 1. The number of sulfonamides is 1. The number of hydrogen-bond donors (Lipinski definition) is 2. The molecule has 2 amide bonds. The Kier molecular flexibility index (Phi) is 7.06. The molecule has 1 aliphatic rings. The van der Waals surface area contributed by atoms with E-state index in [-0.39, 0.29) is 10.5 Å². The van der Waals surface area contributed by atoms with Gasteiger partial charge in [0.05, 0.1) is 4.90 Å². The second-order valence-corrected chi connectivity index (χ2v) is 9.73. The number of carbonyl (C=O) groups is 2. The van der Waals surface area contributed by atoms with Gasteiger partial charge in [0.1, 0.15) is 0 Å². The quantitative estimate of drug-likeness (QED) is 0.496. The molecule has 30 heavy (non-hydrogen) atoms. The fraction of sp³-hybridized carbons (Fsp3) is 0.238. The first kappa shape index (κ1) is 22.2. The number of benzene rings is 2. The van der Waals surface area contributed by atoms with Crippen LogP contribution in [-0.2, 0) is 14.8 Å². The van der Waals surface area contributed by atoms with Crippen molar-refractivity contribution in [1.29, 1.82) is 0 Å². The molecule has 1 saturated heterocycles. The van der Waals surface area contributed by atoms with Crippen LogP contribution in [0.5, 0.6) is 0 Å². The number of nitrogens with one attached hydrogen (secondary N) is 2. The highest BCUT2D eigenvalue weighted by molar-refractivity contribution is 9.10. The lowest BCUT2D eigenvalue weighted by Crippen LogP contribution is -2.40. The summed E-state index contributed by atoms with van der Waals surface area (Å²) in [5.74, 6) is -1.04. The van der Waals surface area contributed by atoms with Crippen LogP contribution >= 0.6 is 15.9 Å². The van der Waals surface area contributed by atoms with Crippen molar-refractivity contribution in [1.82, 2.24) is 15.2 Å². The average molecular weight is 492 g/mol. The van der Waals surface area contributed by atoms with Crippen molar-refractivity contribution in [2.75, 3.05) is 13.1 Å². The summed E-state index contributed by atoms with van der Waals surface area (Å²) < 4.78 is 27.3. The molecular weight excluding hydrogens is 470 g/mol. The van der Waals surface area contributed by atoms with Crippen molar-refractivity contribution in [3.05, 3.63) is 69.7 Å². The van der Waals surface area contributed by atoms with Gasteiger partial charge in [-0.2, -0.15) is 4.31 Å². The van der Waals surface area contributed by atoms with Gasteiger partial charge in [0.15, 0.2) is 0 Å². The first-order valence-electron chi connectivity index (χ1n) is 9.42. The lowest BCUT2D eigenvalue weighted by atomic mass is 10.1. The highest BCUT2D eigenvalue weighted by Crippen LogP contribution is 2.21. The van der Waals surface area contributed by atoms with Crippen LogP contribution < -0.4 is 10.9 Å². The highest BCUT2D eigenvalue weighted by Gasteiger charge is 2.27. The number of carbonyl (C=O) groups excluding carboxylic acids is 2. The summed E-state index contributed by atoms with van der Waals surface area (Å²) in [6.07, 6.45) is 4.65. The highest BCUT2D eigenvalue weighted by atomic mass is 79.9. The van der Waals surface area contributed by atoms with E-state index >= 15 is 0 Å². The van der Waals surface area contributed by atoms with Gasteiger partial charge in [-0.05, 0) is 67.3 Å². The van der Waals surface area contributed by atoms with E-state index in [1.165, 1.54) is 34.6 Å². The summed E-state index contributed by atoms with van der Waals surface area (Å²) in [6, 6.07) is 11.4. The SMILES string of the molecule is Cc1ccc(/C=C/C(=O)NNC(=O)c2ccc(S(=O)(=O)N3CCCC3)cc2)c(Br)c1. The number of amides is 2. The maximum Gasteiger partial charge on any atom is 0.269 e. The van der Waals surface area contributed by atoms with Gasteiger partial charge in [-0.1, -0.05) is 28.1 Å². The van der Waals surface area contributed by atoms with E-state index in [2.05, 4.69) is 26.8 Å². The van der Waals surface area contributed by atoms with Crippen molar-refractivity contribution >= 4 is 43.8 Å². The van der Waals surface area contributed by atoms with Crippen molar-refractivity contribution in [3.8, 4) is 0 Å². The van der Waals surface area contributed by atoms with Crippen LogP contribution in [0, 0.1) is 6.92 Å². The lowest BCUT2D eigenvalue weighted by molar-refractivity contribution is -0.117. The average Bonchev–Trinajstić information content (AvgIpc) is 3.27. The molecule has 0 radical (unpaired) electrons. The van der Waals surface area contributed by atoms with E-state index < -0.39 is 21.8 Å². The van der Waals surface area contributed by atoms with E-state index in [1.54, 1.807) is 6.08 Å². The molecule has 1 aliphatic heterocycles. The normalized spacial score (nSPS) is 14.7. The summed E-state index contributed by atoms with van der Waals surface area (Å²) in [4.78, 5) is 24.3. The van der Waals surface area contributed by atoms with Gasteiger partial charge in [0.25, 0.3) is 11.8 Å². The predicted molar refractivity (Wildman–Crippen MR) is 118 cm³/mol. The maximum atomic E-state index is 12.5. The van der Waals surface area contributed by atoms with Crippen LogP contribution in [0.4, 0.5) is 0 Å². The molecule has 2 aromatic carbocycles. The van der Waals surface area contributed by atoms with Gasteiger partial charge in [-0.15, -0.1) is 0 Å². The van der Waals surface area contributed by atoms with Crippen LogP contribution in [0.3, 0.4) is 0 Å². The molecule has 3 rings (SSSR count). The van der Waals surface area contributed by atoms with Crippen LogP contribution in [0.15, 0.2) is 57.9 Å². The van der Waals surface area contributed by atoms with Crippen LogP contribution in [0.2, 0.25) is 0 Å². The third-order valence-corrected chi connectivity index (χ3v) is 7.29. The molecule has 0 unspecified atom stereocenters. The number of halogens is 1. The Hall–Kier alpha value is -2.49. The molecule has 0 aromatic heterocycles. The topological polar surface area (TPSA) is 95.6 Å². The zero-order valence-electron chi connectivity index (χ0n) is 16.4. The molecule has 0 aliphatic carbocycles. The summed E-state index contributed by atoms with van der Waals surface area (Å²) >= 11 is 3.43. The minimum absolute atomic E-state index is 0.150. The fourth-order valence-electron chi connectivity index (χ4n) is 3.02. The van der Waals surface area contributed by atoms with Gasteiger partial charge in [0.2, 0.25) is 10.0 Å². The van der Waals surface area contributed by atoms with E-state index in [9.17, 15) is 18.0 Å². The number of rotatable bonds is 5. The zero-order chi connectivity index (χ0) is 21.7. The number of hydrogen-bond acceptors (Lipinski definition) is 4. The molecule has 158 valence electrons. The second kappa shape index (κ2) is 9.55. The van der Waals surface area contributed by atoms with Gasteiger partial charge < -0.3 is 0 Å². The Labute approximate surface area is 184 Å². The van der Waals surface area contributed by atoms with E-state index in [0.29, 0.717) is 13.1 Å². The third-order valence-electron chi connectivity index (χ3n) is 4.69. The molecule has 0 atom stereocenters. The van der Waals surface area contributed by atoms with Crippen molar-refractivity contribution in [2.45, 2.75) is 24.7 Å². The largest absolute Gasteiger partial charge is 0.269 e. The summed E-state index contributed by atoms with van der Waals surface area (Å²) in [6.45, 7) is 3.00. The molecule has 1 heterocycles. The minimum Gasteiger partial charge on any atom is -0.268 e. The van der Waals surface area contributed by atoms with Gasteiger partial charge in [-0.3, -0.25) is 20.4 Å². The maximum absolute atomic E-state index is 12.5. The Morgan fingerprint density at radius 3 is 2.33 bits per heavy atom. The minimum atomic E-state index is -3.53. The molecule has 9 heteroatoms. The molecular formula is C21H22BrN3O4S. The molecule has 1 fully saturated rings. The molecule has 0 saturated carbocycles.